The van der Waals surface area contributed by atoms with E-state index in [0.29, 0.717) is 17.4 Å². The molecule has 0 spiro atoms. The van der Waals surface area contributed by atoms with Gasteiger partial charge < -0.3 is 24.4 Å². The van der Waals surface area contributed by atoms with Gasteiger partial charge in [-0.25, -0.2) is 8.78 Å². The molecule has 50 heavy (non-hydrogen) atoms. The molecule has 1 unspecified atom stereocenters. The third-order valence-corrected chi connectivity index (χ3v) is 9.55. The Morgan fingerprint density at radius 3 is 2.34 bits per heavy atom. The molecule has 2 aliphatic heterocycles. The van der Waals surface area contributed by atoms with Gasteiger partial charge in [-0.05, 0) is 114 Å². The van der Waals surface area contributed by atoms with Gasteiger partial charge in [0.15, 0.2) is 11.5 Å². The molecule has 0 aliphatic carbocycles. The first-order valence-electron chi connectivity index (χ1n) is 17.3. The summed E-state index contributed by atoms with van der Waals surface area (Å²) in [7, 11) is 5.04. The Kier molecular flexibility index (Phi) is 11.3. The Hall–Kier alpha value is -4.89. The number of ether oxygens (including phenoxy) is 3. The molecular formula is C41H46F2N4O3. The third-order valence-electron chi connectivity index (χ3n) is 9.55. The molecule has 0 bridgehead atoms. The number of anilines is 1. The van der Waals surface area contributed by atoms with E-state index in [1.807, 2.05) is 36.7 Å². The Morgan fingerprint density at radius 2 is 1.66 bits per heavy atom. The lowest BCUT2D eigenvalue weighted by molar-refractivity contribution is 0.224. The summed E-state index contributed by atoms with van der Waals surface area (Å²) in [6.07, 6.45) is 11.7. The van der Waals surface area contributed by atoms with Crippen molar-refractivity contribution < 1.29 is 23.0 Å². The maximum absolute atomic E-state index is 13.9. The number of piperidine rings is 1. The highest BCUT2D eigenvalue weighted by Crippen LogP contribution is 2.37. The number of hydrogen-bond acceptors (Lipinski definition) is 7. The van der Waals surface area contributed by atoms with Gasteiger partial charge in [-0.15, -0.1) is 0 Å². The molecule has 262 valence electrons. The lowest BCUT2D eigenvalue weighted by Crippen LogP contribution is -2.45. The molecule has 9 heteroatoms. The first-order valence-corrected chi connectivity index (χ1v) is 17.3. The van der Waals surface area contributed by atoms with Crippen molar-refractivity contribution in [1.29, 1.82) is 0 Å². The van der Waals surface area contributed by atoms with Crippen LogP contribution in [0.15, 0.2) is 96.9 Å². The van der Waals surface area contributed by atoms with Crippen molar-refractivity contribution >= 4 is 5.69 Å². The minimum absolute atomic E-state index is 0.272. The van der Waals surface area contributed by atoms with E-state index in [4.69, 9.17) is 19.2 Å². The Labute approximate surface area is 294 Å². The second-order valence-electron chi connectivity index (χ2n) is 12.9. The van der Waals surface area contributed by atoms with Gasteiger partial charge in [-0.1, -0.05) is 19.4 Å². The van der Waals surface area contributed by atoms with Crippen LogP contribution in [0.2, 0.25) is 0 Å². The zero-order valence-corrected chi connectivity index (χ0v) is 29.3. The van der Waals surface area contributed by atoms with Crippen molar-refractivity contribution in [2.45, 2.75) is 51.2 Å². The molecule has 6 rings (SSSR count). The molecule has 1 saturated heterocycles. The number of methoxy groups -OCH3 is 3. The Balaban J connectivity index is 1.19. The number of hydrogen-bond donors (Lipinski definition) is 1. The standard InChI is InChI=1S/C41H46F2N4O3/c1-5-6-30-21-31(24-40(49-3)41(30)50-4)38-20-29(12-16-44-38)27-47(35-7-9-37(48-2)10-8-35)36-13-17-46(18-14-36)26-28-11-15-45-39(19-28)32-22-33(42)25-34(43)23-32/h7-12,15-16,19-25,36,39,45H,5-6,13-14,17-18,26-27H2,1-4H3. The van der Waals surface area contributed by atoms with E-state index < -0.39 is 11.6 Å². The third kappa shape index (κ3) is 8.28. The van der Waals surface area contributed by atoms with Gasteiger partial charge >= 0.3 is 0 Å². The van der Waals surface area contributed by atoms with Crippen molar-refractivity contribution in [3.63, 3.8) is 0 Å². The highest BCUT2D eigenvalue weighted by molar-refractivity contribution is 5.67. The summed E-state index contributed by atoms with van der Waals surface area (Å²) in [5.74, 6) is 1.18. The summed E-state index contributed by atoms with van der Waals surface area (Å²) in [6.45, 7) is 5.53. The minimum Gasteiger partial charge on any atom is -0.497 e. The molecule has 4 aromatic rings. The molecule has 7 nitrogen and oxygen atoms in total. The van der Waals surface area contributed by atoms with Gasteiger partial charge in [0.05, 0.1) is 33.1 Å². The molecule has 0 amide bonds. The second-order valence-corrected chi connectivity index (χ2v) is 12.9. The fraction of sp³-hybridized carbons (Fsp3) is 0.341. The van der Waals surface area contributed by atoms with E-state index in [1.54, 1.807) is 21.3 Å². The van der Waals surface area contributed by atoms with E-state index in [0.717, 1.165) is 97.5 Å². The SMILES string of the molecule is CCCc1cc(-c2cc(CN(c3ccc(OC)cc3)C3CCN(CC4=CC(c5cc(F)cc(F)c5)NC=C4)CC3)ccn2)cc(OC)c1OC. The van der Waals surface area contributed by atoms with Crippen LogP contribution in [0, 0.1) is 11.6 Å². The van der Waals surface area contributed by atoms with Crippen LogP contribution in [0.1, 0.15) is 48.9 Å². The number of aryl methyl sites for hydroxylation is 1. The molecule has 2 aliphatic rings. The lowest BCUT2D eigenvalue weighted by atomic mass is 9.98. The minimum atomic E-state index is -0.570. The van der Waals surface area contributed by atoms with E-state index in [2.05, 4.69) is 58.4 Å². The van der Waals surface area contributed by atoms with Gasteiger partial charge in [0.2, 0.25) is 0 Å². The number of nitrogens with zero attached hydrogens (tertiary/aromatic N) is 3. The molecular weight excluding hydrogens is 634 g/mol. The van der Waals surface area contributed by atoms with Crippen LogP contribution in [0.5, 0.6) is 17.2 Å². The van der Waals surface area contributed by atoms with E-state index in [9.17, 15) is 8.78 Å². The van der Waals surface area contributed by atoms with E-state index >= 15 is 0 Å². The average Bonchev–Trinajstić information content (AvgIpc) is 3.14. The van der Waals surface area contributed by atoms with Gasteiger partial charge in [0, 0.05) is 55.7 Å². The predicted octanol–water partition coefficient (Wildman–Crippen LogP) is 8.26. The van der Waals surface area contributed by atoms with Gasteiger partial charge in [0.25, 0.3) is 0 Å². The molecule has 0 saturated carbocycles. The zero-order valence-electron chi connectivity index (χ0n) is 29.3. The van der Waals surface area contributed by atoms with Crippen LogP contribution in [0.4, 0.5) is 14.5 Å². The summed E-state index contributed by atoms with van der Waals surface area (Å²) in [5, 5.41) is 3.22. The normalized spacial score (nSPS) is 16.4. The smallest absolute Gasteiger partial charge is 0.163 e. The van der Waals surface area contributed by atoms with Crippen LogP contribution in [0.3, 0.4) is 0 Å². The maximum Gasteiger partial charge on any atom is 0.163 e. The Morgan fingerprint density at radius 1 is 0.900 bits per heavy atom. The highest BCUT2D eigenvalue weighted by atomic mass is 19.1. The molecule has 0 radical (unpaired) electrons. The fourth-order valence-corrected chi connectivity index (χ4v) is 7.05. The molecule has 1 N–H and O–H groups in total. The Bertz CT molecular complexity index is 1800. The van der Waals surface area contributed by atoms with Gasteiger partial charge in [-0.2, -0.15) is 0 Å². The number of aromatic nitrogens is 1. The highest BCUT2D eigenvalue weighted by Gasteiger charge is 2.26. The number of benzene rings is 3. The summed E-state index contributed by atoms with van der Waals surface area (Å²) in [4.78, 5) is 9.73. The predicted molar refractivity (Wildman–Crippen MR) is 195 cm³/mol. The zero-order chi connectivity index (χ0) is 35.0. The number of nitrogens with one attached hydrogen (secondary N) is 1. The second kappa shape index (κ2) is 16.2. The average molecular weight is 681 g/mol. The van der Waals surface area contributed by atoms with Gasteiger partial charge in [0.1, 0.15) is 17.4 Å². The van der Waals surface area contributed by atoms with Crippen LogP contribution in [0.25, 0.3) is 11.3 Å². The molecule has 1 aromatic heterocycles. The van der Waals surface area contributed by atoms with Crippen LogP contribution < -0.4 is 24.4 Å². The van der Waals surface area contributed by atoms with Crippen LogP contribution >= 0.6 is 0 Å². The first kappa shape index (κ1) is 35.0. The summed E-state index contributed by atoms with van der Waals surface area (Å²) in [6, 6.07) is 20.5. The van der Waals surface area contributed by atoms with Crippen molar-refractivity contribution in [3.8, 4) is 28.5 Å². The quantitative estimate of drug-likeness (QED) is 0.153. The molecule has 3 aromatic carbocycles. The van der Waals surface area contributed by atoms with E-state index in [1.165, 1.54) is 17.7 Å². The topological polar surface area (TPSA) is 59.1 Å². The monoisotopic (exact) mass is 680 g/mol. The van der Waals surface area contributed by atoms with Crippen molar-refractivity contribution in [1.82, 2.24) is 15.2 Å². The van der Waals surface area contributed by atoms with Crippen molar-refractivity contribution in [2.75, 3.05) is 45.9 Å². The summed E-state index contributed by atoms with van der Waals surface area (Å²) < 4.78 is 44.7. The number of rotatable bonds is 13. The van der Waals surface area contributed by atoms with Crippen molar-refractivity contribution in [3.05, 3.63) is 125 Å². The van der Waals surface area contributed by atoms with Crippen LogP contribution in [-0.2, 0) is 13.0 Å². The number of likely N-dealkylation sites (tertiary alicyclic amines) is 1. The maximum atomic E-state index is 13.9. The molecule has 1 fully saturated rings. The summed E-state index contributed by atoms with van der Waals surface area (Å²) >= 11 is 0. The largest absolute Gasteiger partial charge is 0.497 e. The molecule has 1 atom stereocenters. The van der Waals surface area contributed by atoms with Crippen LogP contribution in [-0.4, -0.2) is 56.9 Å². The number of dihydropyridines is 1. The number of halogens is 2. The summed E-state index contributed by atoms with van der Waals surface area (Å²) in [5.41, 5.74) is 7.03. The van der Waals surface area contributed by atoms with E-state index in [-0.39, 0.29) is 6.04 Å². The van der Waals surface area contributed by atoms with Gasteiger partial charge in [-0.3, -0.25) is 9.88 Å². The molecule has 3 heterocycles. The first-order chi connectivity index (χ1) is 24.4. The van der Waals surface area contributed by atoms with Crippen molar-refractivity contribution in [2.24, 2.45) is 0 Å². The number of pyridine rings is 1. The fourth-order valence-electron chi connectivity index (χ4n) is 7.05. The lowest BCUT2D eigenvalue weighted by Gasteiger charge is -2.40.